The summed E-state index contributed by atoms with van der Waals surface area (Å²) in [6, 6.07) is 12.7. The van der Waals surface area contributed by atoms with E-state index in [1.807, 2.05) is 24.8 Å². The van der Waals surface area contributed by atoms with Crippen LogP contribution in [0.3, 0.4) is 0 Å². The van der Waals surface area contributed by atoms with Crippen molar-refractivity contribution in [1.82, 2.24) is 4.90 Å². The molecule has 33 heavy (non-hydrogen) atoms. The number of anilines is 2. The van der Waals surface area contributed by atoms with Gasteiger partial charge in [0.25, 0.3) is 17.7 Å². The Kier molecular flexibility index (Phi) is 6.56. The minimum Gasteiger partial charge on any atom is -0.350 e. The second-order valence-corrected chi connectivity index (χ2v) is 8.99. The van der Waals surface area contributed by atoms with Gasteiger partial charge in [0.1, 0.15) is 10.7 Å². The molecule has 2 aliphatic rings. The summed E-state index contributed by atoms with van der Waals surface area (Å²) in [6.07, 6.45) is 4.18. The highest BCUT2D eigenvalue weighted by atomic mass is 35.5. The Bertz CT molecular complexity index is 1140. The van der Waals surface area contributed by atoms with E-state index in [1.54, 1.807) is 36.4 Å². The van der Waals surface area contributed by atoms with E-state index in [0.717, 1.165) is 48.3 Å². The maximum atomic E-state index is 13.1. The Morgan fingerprint density at radius 2 is 1.79 bits per heavy atom. The Balaban J connectivity index is 1.52. The molecule has 2 heterocycles. The molecule has 1 unspecified atom stereocenters. The number of nitrogens with one attached hydrogen (secondary N) is 1. The number of carbonyl (C=O) groups is 3. The molecule has 2 aromatic rings. The Labute approximate surface area is 199 Å². The lowest BCUT2D eigenvalue weighted by atomic mass is 9.99. The molecule has 2 aliphatic heterocycles. The van der Waals surface area contributed by atoms with Gasteiger partial charge in [-0.05, 0) is 81.0 Å². The number of benzene rings is 2. The molecule has 172 valence electrons. The highest BCUT2D eigenvalue weighted by molar-refractivity contribution is 6.53. The fraction of sp³-hybridized carbons (Fsp3) is 0.346. The number of amides is 3. The van der Waals surface area contributed by atoms with Crippen LogP contribution < -0.4 is 10.2 Å². The largest absolute Gasteiger partial charge is 0.350 e. The van der Waals surface area contributed by atoms with Gasteiger partial charge in [-0.2, -0.15) is 0 Å². The predicted molar refractivity (Wildman–Crippen MR) is 130 cm³/mol. The zero-order chi connectivity index (χ0) is 23.7. The Hall–Kier alpha value is -3.12. The topological polar surface area (TPSA) is 69.7 Å². The number of carbonyl (C=O) groups excluding carboxylic acids is 3. The van der Waals surface area contributed by atoms with Crippen LogP contribution in [-0.4, -0.2) is 35.2 Å². The van der Waals surface area contributed by atoms with Crippen LogP contribution in [0.2, 0.25) is 0 Å². The van der Waals surface area contributed by atoms with Crippen molar-refractivity contribution in [3.05, 3.63) is 69.9 Å². The Morgan fingerprint density at radius 3 is 2.48 bits per heavy atom. The van der Waals surface area contributed by atoms with Gasteiger partial charge in [-0.25, -0.2) is 4.90 Å². The number of imide groups is 1. The quantitative estimate of drug-likeness (QED) is 0.620. The average molecular weight is 466 g/mol. The van der Waals surface area contributed by atoms with Crippen LogP contribution in [0.4, 0.5) is 11.4 Å². The lowest BCUT2D eigenvalue weighted by Gasteiger charge is -2.35. The molecule has 6 nitrogen and oxygen atoms in total. The predicted octanol–water partition coefficient (Wildman–Crippen LogP) is 5.14. The first-order chi connectivity index (χ1) is 15.8. The number of aryl methyl sites for hydroxylation is 1. The molecule has 4 rings (SSSR count). The van der Waals surface area contributed by atoms with Gasteiger partial charge in [-0.1, -0.05) is 30.7 Å². The van der Waals surface area contributed by atoms with E-state index in [1.165, 1.54) is 0 Å². The van der Waals surface area contributed by atoms with Crippen molar-refractivity contribution in [3.8, 4) is 0 Å². The van der Waals surface area contributed by atoms with Gasteiger partial charge >= 0.3 is 0 Å². The van der Waals surface area contributed by atoms with Crippen molar-refractivity contribution in [3.63, 3.8) is 0 Å². The van der Waals surface area contributed by atoms with Gasteiger partial charge in [-0.15, -0.1) is 0 Å². The summed E-state index contributed by atoms with van der Waals surface area (Å²) in [5, 5.41) is 2.83. The van der Waals surface area contributed by atoms with Crippen LogP contribution in [0.15, 0.2) is 53.2 Å². The maximum Gasteiger partial charge on any atom is 0.283 e. The van der Waals surface area contributed by atoms with Crippen molar-refractivity contribution in [1.29, 1.82) is 0 Å². The van der Waals surface area contributed by atoms with Crippen molar-refractivity contribution in [2.75, 3.05) is 16.8 Å². The van der Waals surface area contributed by atoms with E-state index in [2.05, 4.69) is 12.2 Å². The lowest BCUT2D eigenvalue weighted by molar-refractivity contribution is -0.120. The first-order valence-corrected chi connectivity index (χ1v) is 11.7. The molecular weight excluding hydrogens is 438 g/mol. The van der Waals surface area contributed by atoms with Crippen molar-refractivity contribution >= 4 is 40.7 Å². The monoisotopic (exact) mass is 465 g/mol. The molecule has 0 spiro atoms. The first-order valence-electron chi connectivity index (χ1n) is 11.4. The molecule has 1 N–H and O–H groups in total. The third-order valence-corrected chi connectivity index (χ3v) is 6.96. The minimum absolute atomic E-state index is 0.0265. The molecule has 2 aromatic carbocycles. The van der Waals surface area contributed by atoms with Crippen LogP contribution in [-0.2, 0) is 9.59 Å². The highest BCUT2D eigenvalue weighted by Crippen LogP contribution is 2.33. The summed E-state index contributed by atoms with van der Waals surface area (Å²) in [5.74, 6) is -1.03. The zero-order valence-corrected chi connectivity index (χ0v) is 19.9. The molecule has 0 bridgehead atoms. The number of rotatable bonds is 5. The number of hydrogen-bond donors (Lipinski definition) is 1. The molecule has 0 saturated carbocycles. The average Bonchev–Trinajstić information content (AvgIpc) is 3.04. The zero-order valence-electron chi connectivity index (χ0n) is 19.2. The van der Waals surface area contributed by atoms with E-state index < -0.39 is 11.8 Å². The van der Waals surface area contributed by atoms with Crippen LogP contribution in [0.1, 0.15) is 54.1 Å². The molecule has 1 saturated heterocycles. The molecule has 1 atom stereocenters. The smallest absolute Gasteiger partial charge is 0.283 e. The van der Waals surface area contributed by atoms with Crippen LogP contribution in [0, 0.1) is 13.8 Å². The molecule has 7 heteroatoms. The van der Waals surface area contributed by atoms with Gasteiger partial charge in [0.15, 0.2) is 0 Å². The molecular formula is C26H28ClN3O3. The molecule has 3 amide bonds. The lowest BCUT2D eigenvalue weighted by Crippen LogP contribution is -2.43. The van der Waals surface area contributed by atoms with E-state index in [-0.39, 0.29) is 22.7 Å². The highest BCUT2D eigenvalue weighted by Gasteiger charge is 2.39. The summed E-state index contributed by atoms with van der Waals surface area (Å²) in [5.41, 5.74) is 3.55. The third kappa shape index (κ3) is 4.27. The van der Waals surface area contributed by atoms with E-state index >= 15 is 0 Å². The van der Waals surface area contributed by atoms with Crippen molar-refractivity contribution in [2.24, 2.45) is 0 Å². The molecule has 0 aliphatic carbocycles. The van der Waals surface area contributed by atoms with Crippen molar-refractivity contribution in [2.45, 2.75) is 52.5 Å². The fourth-order valence-corrected chi connectivity index (χ4v) is 4.72. The summed E-state index contributed by atoms with van der Waals surface area (Å²) in [4.78, 5) is 41.9. The third-order valence-electron chi connectivity index (χ3n) is 6.60. The normalized spacial score (nSPS) is 18.8. The first kappa shape index (κ1) is 23.1. The maximum absolute atomic E-state index is 13.1. The fourth-order valence-electron chi connectivity index (χ4n) is 4.51. The number of likely N-dealkylation sites (tertiary alicyclic amines) is 1. The van der Waals surface area contributed by atoms with E-state index in [4.69, 9.17) is 11.6 Å². The summed E-state index contributed by atoms with van der Waals surface area (Å²) in [7, 11) is 0. The van der Waals surface area contributed by atoms with Gasteiger partial charge < -0.3 is 10.2 Å². The summed E-state index contributed by atoms with van der Waals surface area (Å²) in [6.45, 7) is 6.69. The standard InChI is InChI=1S/C26H28ClN3O3/c1-4-20-9-5-6-15-29(20)24(31)18-11-13-19(14-12-18)28-23-22(27)25(32)30(26(23)33)21-10-7-8-16(2)17(21)3/h7-8,10-14,20,28H,4-6,9,15H2,1-3H3. The van der Waals surface area contributed by atoms with E-state index in [0.29, 0.717) is 16.9 Å². The number of piperidine rings is 1. The minimum atomic E-state index is -0.555. The SMILES string of the molecule is CCC1CCCCN1C(=O)c1ccc(NC2=C(Cl)C(=O)N(c3cccc(C)c3C)C2=O)cc1. The molecule has 0 radical (unpaired) electrons. The second-order valence-electron chi connectivity index (χ2n) is 8.61. The summed E-state index contributed by atoms with van der Waals surface area (Å²) >= 11 is 6.27. The van der Waals surface area contributed by atoms with Crippen LogP contribution in [0.25, 0.3) is 0 Å². The van der Waals surface area contributed by atoms with E-state index in [9.17, 15) is 14.4 Å². The van der Waals surface area contributed by atoms with Gasteiger partial charge in [0.05, 0.1) is 5.69 Å². The van der Waals surface area contributed by atoms with Gasteiger partial charge in [-0.3, -0.25) is 14.4 Å². The second kappa shape index (κ2) is 9.40. The number of nitrogens with zero attached hydrogens (tertiary/aromatic N) is 2. The van der Waals surface area contributed by atoms with Gasteiger partial charge in [0.2, 0.25) is 0 Å². The van der Waals surface area contributed by atoms with Crippen LogP contribution in [0.5, 0.6) is 0 Å². The molecule has 0 aromatic heterocycles. The Morgan fingerprint density at radius 1 is 1.06 bits per heavy atom. The van der Waals surface area contributed by atoms with Crippen LogP contribution >= 0.6 is 11.6 Å². The van der Waals surface area contributed by atoms with Crippen molar-refractivity contribution < 1.29 is 14.4 Å². The summed E-state index contributed by atoms with van der Waals surface area (Å²) < 4.78 is 0. The number of hydrogen-bond acceptors (Lipinski definition) is 4. The number of halogens is 1. The molecule has 1 fully saturated rings. The van der Waals surface area contributed by atoms with Gasteiger partial charge in [0, 0.05) is 23.8 Å².